The Kier molecular flexibility index (Phi) is 2.72. The van der Waals surface area contributed by atoms with Gasteiger partial charge in [-0.25, -0.2) is 4.98 Å². The van der Waals surface area contributed by atoms with Gasteiger partial charge in [0.15, 0.2) is 0 Å². The number of benzene rings is 2. The Morgan fingerprint density at radius 1 is 1.05 bits per heavy atom. The van der Waals surface area contributed by atoms with Crippen molar-refractivity contribution in [3.05, 3.63) is 65.3 Å². The maximum absolute atomic E-state index is 6.14. The molecule has 102 valence electrons. The first kappa shape index (κ1) is 12.4. The second-order valence-electron chi connectivity index (χ2n) is 5.24. The molecule has 1 N–H and O–H groups in total. The molecule has 0 bridgehead atoms. The Bertz CT molecular complexity index is 969. The first-order valence-electron chi connectivity index (χ1n) is 6.86. The van der Waals surface area contributed by atoms with Gasteiger partial charge in [-0.2, -0.15) is 0 Å². The summed E-state index contributed by atoms with van der Waals surface area (Å²) in [4.78, 5) is 8.12. The van der Waals surface area contributed by atoms with Gasteiger partial charge in [0, 0.05) is 33.1 Å². The van der Waals surface area contributed by atoms with Crippen molar-refractivity contribution in [2.24, 2.45) is 0 Å². The van der Waals surface area contributed by atoms with Crippen LogP contribution in [0.2, 0.25) is 5.02 Å². The topological polar surface area (TPSA) is 28.7 Å². The number of hydrogen-bond donors (Lipinski definition) is 1. The molecule has 0 spiro atoms. The van der Waals surface area contributed by atoms with Crippen molar-refractivity contribution in [2.45, 2.75) is 6.92 Å². The third kappa shape index (κ3) is 1.99. The van der Waals surface area contributed by atoms with Crippen molar-refractivity contribution >= 4 is 33.4 Å². The van der Waals surface area contributed by atoms with Gasteiger partial charge in [0.05, 0.1) is 11.2 Å². The molecule has 2 aromatic heterocycles. The van der Waals surface area contributed by atoms with Gasteiger partial charge in [-0.05, 0) is 42.8 Å². The lowest BCUT2D eigenvalue weighted by Gasteiger charge is -2.06. The fourth-order valence-corrected chi connectivity index (χ4v) is 2.96. The third-order valence-corrected chi connectivity index (χ3v) is 4.05. The number of nitrogens with one attached hydrogen (secondary N) is 1. The van der Waals surface area contributed by atoms with Crippen LogP contribution in [0.1, 0.15) is 5.56 Å². The number of pyridine rings is 1. The second kappa shape index (κ2) is 4.61. The number of nitrogens with zero attached hydrogens (tertiary/aromatic N) is 1. The van der Waals surface area contributed by atoms with Crippen LogP contribution in [-0.4, -0.2) is 9.97 Å². The van der Waals surface area contributed by atoms with E-state index >= 15 is 0 Å². The van der Waals surface area contributed by atoms with Crippen LogP contribution in [0.5, 0.6) is 0 Å². The van der Waals surface area contributed by atoms with Crippen molar-refractivity contribution in [1.82, 2.24) is 9.97 Å². The van der Waals surface area contributed by atoms with Gasteiger partial charge in [0.1, 0.15) is 0 Å². The molecule has 0 aliphatic carbocycles. The molecule has 0 aliphatic rings. The molecule has 0 fully saturated rings. The Hall–Kier alpha value is -2.32. The van der Waals surface area contributed by atoms with Crippen molar-refractivity contribution in [3.8, 4) is 11.3 Å². The standard InChI is InChI=1S/C18H13ClN2/c1-11-8-12-4-2-3-5-16(12)21-18(11)15-10-20-17-7-6-13(19)9-14(15)17/h2-10,20H,1H3. The summed E-state index contributed by atoms with van der Waals surface area (Å²) in [6.07, 6.45) is 2.01. The van der Waals surface area contributed by atoms with E-state index in [9.17, 15) is 0 Å². The summed E-state index contributed by atoms with van der Waals surface area (Å²) in [5.74, 6) is 0. The number of aromatic nitrogens is 2. The zero-order valence-electron chi connectivity index (χ0n) is 11.5. The molecule has 0 unspecified atom stereocenters. The van der Waals surface area contributed by atoms with Gasteiger partial charge < -0.3 is 4.98 Å². The number of hydrogen-bond acceptors (Lipinski definition) is 1. The third-order valence-electron chi connectivity index (χ3n) is 3.81. The molecule has 0 radical (unpaired) electrons. The Morgan fingerprint density at radius 2 is 1.90 bits per heavy atom. The lowest BCUT2D eigenvalue weighted by Crippen LogP contribution is -1.89. The maximum Gasteiger partial charge on any atom is 0.0760 e. The van der Waals surface area contributed by atoms with E-state index in [0.29, 0.717) is 0 Å². The lowest BCUT2D eigenvalue weighted by molar-refractivity contribution is 1.33. The summed E-state index contributed by atoms with van der Waals surface area (Å²) in [7, 11) is 0. The molecular weight excluding hydrogens is 280 g/mol. The summed E-state index contributed by atoms with van der Waals surface area (Å²) in [6.45, 7) is 2.10. The van der Waals surface area contributed by atoms with E-state index in [-0.39, 0.29) is 0 Å². The van der Waals surface area contributed by atoms with E-state index in [0.717, 1.165) is 43.6 Å². The van der Waals surface area contributed by atoms with Gasteiger partial charge in [-0.1, -0.05) is 29.8 Å². The number of halogens is 1. The highest BCUT2D eigenvalue weighted by molar-refractivity contribution is 6.31. The molecule has 2 heterocycles. The summed E-state index contributed by atoms with van der Waals surface area (Å²) in [5, 5.41) is 3.01. The molecular formula is C18H13ClN2. The highest BCUT2D eigenvalue weighted by Gasteiger charge is 2.11. The fraction of sp³-hybridized carbons (Fsp3) is 0.0556. The quantitative estimate of drug-likeness (QED) is 0.503. The normalized spacial score (nSPS) is 11.3. The van der Waals surface area contributed by atoms with Crippen molar-refractivity contribution < 1.29 is 0 Å². The smallest absolute Gasteiger partial charge is 0.0760 e. The second-order valence-corrected chi connectivity index (χ2v) is 5.68. The molecule has 0 saturated heterocycles. The summed E-state index contributed by atoms with van der Waals surface area (Å²) >= 11 is 6.14. The predicted molar refractivity (Wildman–Crippen MR) is 88.8 cm³/mol. The van der Waals surface area contributed by atoms with Crippen LogP contribution in [0.25, 0.3) is 33.1 Å². The summed E-state index contributed by atoms with van der Waals surface area (Å²) in [5.41, 5.74) is 5.34. The highest BCUT2D eigenvalue weighted by Crippen LogP contribution is 2.32. The van der Waals surface area contributed by atoms with Crippen molar-refractivity contribution in [1.29, 1.82) is 0 Å². The Morgan fingerprint density at radius 3 is 2.81 bits per heavy atom. The number of para-hydroxylation sites is 1. The summed E-state index contributed by atoms with van der Waals surface area (Å²) < 4.78 is 0. The minimum absolute atomic E-state index is 0.738. The first-order valence-corrected chi connectivity index (χ1v) is 7.23. The number of aromatic amines is 1. The van der Waals surface area contributed by atoms with Crippen LogP contribution in [0, 0.1) is 6.92 Å². The minimum Gasteiger partial charge on any atom is -0.360 e. The molecule has 0 amide bonds. The van der Waals surface area contributed by atoms with E-state index < -0.39 is 0 Å². The van der Waals surface area contributed by atoms with Crippen LogP contribution in [0.3, 0.4) is 0 Å². The first-order chi connectivity index (χ1) is 10.2. The predicted octanol–water partition coefficient (Wildman–Crippen LogP) is 5.34. The van der Waals surface area contributed by atoms with Crippen LogP contribution < -0.4 is 0 Å². The van der Waals surface area contributed by atoms with Gasteiger partial charge in [0.2, 0.25) is 0 Å². The average molecular weight is 293 g/mol. The number of H-pyrrole nitrogens is 1. The van der Waals surface area contributed by atoms with E-state index in [1.165, 1.54) is 0 Å². The molecule has 21 heavy (non-hydrogen) atoms. The fourth-order valence-electron chi connectivity index (χ4n) is 2.78. The highest BCUT2D eigenvalue weighted by atomic mass is 35.5. The molecule has 2 nitrogen and oxygen atoms in total. The largest absolute Gasteiger partial charge is 0.360 e. The number of rotatable bonds is 1. The molecule has 4 aromatic rings. The Balaban J connectivity index is 2.03. The molecule has 4 rings (SSSR count). The molecule has 0 aliphatic heterocycles. The minimum atomic E-state index is 0.738. The van der Waals surface area contributed by atoms with E-state index in [1.54, 1.807) is 0 Å². The van der Waals surface area contributed by atoms with Gasteiger partial charge >= 0.3 is 0 Å². The number of fused-ring (bicyclic) bond motifs is 2. The lowest BCUT2D eigenvalue weighted by atomic mass is 10.0. The van der Waals surface area contributed by atoms with E-state index in [4.69, 9.17) is 16.6 Å². The molecule has 0 saturated carbocycles. The maximum atomic E-state index is 6.14. The van der Waals surface area contributed by atoms with Gasteiger partial charge in [-0.3, -0.25) is 0 Å². The SMILES string of the molecule is Cc1cc2ccccc2nc1-c1c[nH]c2ccc(Cl)cc12. The molecule has 2 aromatic carbocycles. The van der Waals surface area contributed by atoms with Gasteiger partial charge in [-0.15, -0.1) is 0 Å². The Labute approximate surface area is 127 Å². The average Bonchev–Trinajstić information content (AvgIpc) is 2.89. The van der Waals surface area contributed by atoms with Crippen LogP contribution in [-0.2, 0) is 0 Å². The zero-order valence-corrected chi connectivity index (χ0v) is 12.3. The van der Waals surface area contributed by atoms with Crippen molar-refractivity contribution in [2.75, 3.05) is 0 Å². The van der Waals surface area contributed by atoms with Crippen LogP contribution >= 0.6 is 11.6 Å². The summed E-state index contributed by atoms with van der Waals surface area (Å²) in [6, 6.07) is 16.2. The van der Waals surface area contributed by atoms with Crippen molar-refractivity contribution in [3.63, 3.8) is 0 Å². The monoisotopic (exact) mass is 292 g/mol. The van der Waals surface area contributed by atoms with Crippen LogP contribution in [0.15, 0.2) is 54.7 Å². The molecule has 0 atom stereocenters. The van der Waals surface area contributed by atoms with Gasteiger partial charge in [0.25, 0.3) is 0 Å². The van der Waals surface area contributed by atoms with E-state index in [2.05, 4.69) is 24.0 Å². The van der Waals surface area contributed by atoms with Crippen LogP contribution in [0.4, 0.5) is 0 Å². The zero-order chi connectivity index (χ0) is 14.4. The number of aryl methyl sites for hydroxylation is 1. The molecule has 3 heteroatoms. The van der Waals surface area contributed by atoms with E-state index in [1.807, 2.05) is 42.6 Å².